The number of aryl methyl sites for hydroxylation is 1. The van der Waals surface area contributed by atoms with Crippen LogP contribution in [-0.4, -0.2) is 24.7 Å². The van der Waals surface area contributed by atoms with Gasteiger partial charge in [-0.05, 0) is 79.2 Å². The molecule has 4 heteroatoms. The Bertz CT molecular complexity index is 1190. The molecule has 0 saturated carbocycles. The molecule has 0 bridgehead atoms. The van der Waals surface area contributed by atoms with Crippen molar-refractivity contribution in [2.24, 2.45) is 10.7 Å². The maximum atomic E-state index is 5.91. The zero-order valence-electron chi connectivity index (χ0n) is 17.3. The number of aromatic nitrogens is 1. The molecule has 0 spiro atoms. The van der Waals surface area contributed by atoms with E-state index in [1.807, 2.05) is 0 Å². The van der Waals surface area contributed by atoms with E-state index in [-0.39, 0.29) is 0 Å². The molecular weight excluding hydrogens is 353 g/mol. The van der Waals surface area contributed by atoms with Crippen LogP contribution in [0.15, 0.2) is 83.1 Å². The smallest absolute Gasteiger partial charge is 0.223 e. The number of hydrogen-bond donors (Lipinski definition) is 1. The first-order valence-electron chi connectivity index (χ1n) is 10.1. The second-order valence-corrected chi connectivity index (χ2v) is 7.64. The molecule has 1 aliphatic heterocycles. The van der Waals surface area contributed by atoms with Crippen molar-refractivity contribution in [2.45, 2.75) is 20.3 Å². The van der Waals surface area contributed by atoms with Gasteiger partial charge >= 0.3 is 0 Å². The first-order chi connectivity index (χ1) is 14.1. The van der Waals surface area contributed by atoms with Crippen LogP contribution in [-0.2, 0) is 0 Å². The van der Waals surface area contributed by atoms with Crippen molar-refractivity contribution < 1.29 is 0 Å². The van der Waals surface area contributed by atoms with Crippen LogP contribution in [0, 0.1) is 6.92 Å². The van der Waals surface area contributed by atoms with Crippen LogP contribution < -0.4 is 5.73 Å². The SMILES string of the molecule is Bn1cccc1/C(CCN)=C1N=C(/C=C/c2cccc3ccc(C)cc23)C=C\1C. The van der Waals surface area contributed by atoms with E-state index in [0.29, 0.717) is 6.54 Å². The number of nitrogens with zero attached hydrogens (tertiary/aromatic N) is 2. The first-order valence-corrected chi connectivity index (χ1v) is 10.1. The Morgan fingerprint density at radius 3 is 2.72 bits per heavy atom. The summed E-state index contributed by atoms with van der Waals surface area (Å²) in [7, 11) is 2.06. The van der Waals surface area contributed by atoms with Crippen molar-refractivity contribution in [3.8, 4) is 0 Å². The quantitative estimate of drug-likeness (QED) is 0.651. The molecule has 29 heavy (non-hydrogen) atoms. The highest BCUT2D eigenvalue weighted by atomic mass is 14.9. The molecule has 1 aliphatic rings. The molecule has 0 saturated heterocycles. The van der Waals surface area contributed by atoms with Gasteiger partial charge in [0.05, 0.1) is 11.4 Å². The Balaban J connectivity index is 1.72. The normalized spacial score (nSPS) is 15.8. The van der Waals surface area contributed by atoms with E-state index < -0.39 is 0 Å². The van der Waals surface area contributed by atoms with Crippen LogP contribution in [0.1, 0.15) is 30.2 Å². The Kier molecular flexibility index (Phi) is 5.37. The second kappa shape index (κ2) is 8.10. The number of benzene rings is 2. The van der Waals surface area contributed by atoms with Gasteiger partial charge in [-0.1, -0.05) is 48.0 Å². The maximum Gasteiger partial charge on any atom is 0.223 e. The summed E-state index contributed by atoms with van der Waals surface area (Å²) in [4.78, 5) is 4.95. The molecule has 1 aromatic heterocycles. The standard InChI is InChI=1S/C25H26BN3/c1-17-8-9-19-5-3-6-20(23(19)15-17)10-11-21-16-18(2)25(28-21)22(12-13-27)24-7-4-14-29(24)26/h3-11,14-16H,12-13,26-27H2,1-2H3/b11-10+,25-22-. The second-order valence-electron chi connectivity index (χ2n) is 7.64. The van der Waals surface area contributed by atoms with Gasteiger partial charge in [0.1, 0.15) is 0 Å². The fourth-order valence-corrected chi connectivity index (χ4v) is 3.95. The summed E-state index contributed by atoms with van der Waals surface area (Å²) >= 11 is 0. The first kappa shape index (κ1) is 19.2. The Morgan fingerprint density at radius 1 is 1.10 bits per heavy atom. The molecular formula is C25H26BN3. The van der Waals surface area contributed by atoms with Gasteiger partial charge in [0.15, 0.2) is 0 Å². The van der Waals surface area contributed by atoms with E-state index >= 15 is 0 Å². The van der Waals surface area contributed by atoms with Crippen LogP contribution in [0.4, 0.5) is 0 Å². The minimum absolute atomic E-state index is 0.605. The molecule has 144 valence electrons. The molecule has 3 nitrogen and oxygen atoms in total. The van der Waals surface area contributed by atoms with Gasteiger partial charge in [-0.2, -0.15) is 0 Å². The number of allylic oxidation sites excluding steroid dienone is 3. The predicted molar refractivity (Wildman–Crippen MR) is 128 cm³/mol. The summed E-state index contributed by atoms with van der Waals surface area (Å²) in [6, 6.07) is 17.2. The van der Waals surface area contributed by atoms with Crippen molar-refractivity contribution in [3.05, 3.63) is 95.0 Å². The lowest BCUT2D eigenvalue weighted by molar-refractivity contribution is 0.997. The van der Waals surface area contributed by atoms with Crippen LogP contribution in [0.5, 0.6) is 0 Å². The molecule has 3 aromatic rings. The van der Waals surface area contributed by atoms with E-state index in [1.54, 1.807) is 0 Å². The number of nitrogens with two attached hydrogens (primary N) is 1. The van der Waals surface area contributed by atoms with E-state index in [9.17, 15) is 0 Å². The number of aliphatic imine (C=N–C) groups is 1. The fraction of sp³-hybridized carbons (Fsp3) is 0.160. The summed E-state index contributed by atoms with van der Waals surface area (Å²) in [5.74, 6) is 0. The number of rotatable bonds is 5. The number of fused-ring (bicyclic) bond motifs is 1. The lowest BCUT2D eigenvalue weighted by Crippen LogP contribution is -2.05. The van der Waals surface area contributed by atoms with Crippen molar-refractivity contribution in [1.29, 1.82) is 0 Å². The van der Waals surface area contributed by atoms with E-state index in [4.69, 9.17) is 10.7 Å². The molecule has 0 fully saturated rings. The zero-order valence-corrected chi connectivity index (χ0v) is 17.3. The summed E-state index contributed by atoms with van der Waals surface area (Å²) in [5.41, 5.74) is 14.0. The molecule has 2 aromatic carbocycles. The minimum atomic E-state index is 0.605. The van der Waals surface area contributed by atoms with Crippen LogP contribution >= 0.6 is 0 Å². The van der Waals surface area contributed by atoms with Crippen LogP contribution in [0.2, 0.25) is 0 Å². The van der Waals surface area contributed by atoms with Crippen LogP contribution in [0.25, 0.3) is 22.4 Å². The van der Waals surface area contributed by atoms with Crippen LogP contribution in [0.3, 0.4) is 0 Å². The highest BCUT2D eigenvalue weighted by Crippen LogP contribution is 2.31. The van der Waals surface area contributed by atoms with Crippen molar-refractivity contribution >= 4 is 36.1 Å². The third-order valence-electron chi connectivity index (χ3n) is 5.42. The summed E-state index contributed by atoms with van der Waals surface area (Å²) in [5, 5.41) is 2.53. The Morgan fingerprint density at radius 2 is 1.97 bits per heavy atom. The summed E-state index contributed by atoms with van der Waals surface area (Å²) in [6.45, 7) is 4.86. The van der Waals surface area contributed by atoms with E-state index in [0.717, 1.165) is 17.8 Å². The monoisotopic (exact) mass is 379 g/mol. The molecule has 2 N–H and O–H groups in total. The fourth-order valence-electron chi connectivity index (χ4n) is 3.95. The maximum absolute atomic E-state index is 5.91. The van der Waals surface area contributed by atoms with Crippen molar-refractivity contribution in [3.63, 3.8) is 0 Å². The molecule has 0 unspecified atom stereocenters. The van der Waals surface area contributed by atoms with Gasteiger partial charge in [-0.25, -0.2) is 4.99 Å². The third kappa shape index (κ3) is 3.89. The van der Waals surface area contributed by atoms with Crippen molar-refractivity contribution in [2.75, 3.05) is 6.54 Å². The Labute approximate surface area is 173 Å². The number of hydrogen-bond acceptors (Lipinski definition) is 2. The lowest BCUT2D eigenvalue weighted by Gasteiger charge is -2.11. The highest BCUT2D eigenvalue weighted by molar-refractivity contribution is 6.12. The van der Waals surface area contributed by atoms with E-state index in [2.05, 4.69) is 99.3 Å². The van der Waals surface area contributed by atoms with Gasteiger partial charge in [0, 0.05) is 11.3 Å². The van der Waals surface area contributed by atoms with E-state index in [1.165, 1.54) is 38.7 Å². The minimum Gasteiger partial charge on any atom is -0.399 e. The molecule has 0 aliphatic carbocycles. The predicted octanol–water partition coefficient (Wildman–Crippen LogP) is 4.52. The van der Waals surface area contributed by atoms with Gasteiger partial charge in [0.2, 0.25) is 7.98 Å². The average molecular weight is 379 g/mol. The highest BCUT2D eigenvalue weighted by Gasteiger charge is 2.17. The van der Waals surface area contributed by atoms with Gasteiger partial charge in [0.25, 0.3) is 0 Å². The Hall–Kier alpha value is -3.11. The topological polar surface area (TPSA) is 43.3 Å². The molecule has 0 amide bonds. The summed E-state index contributed by atoms with van der Waals surface area (Å²) in [6.07, 6.45) is 9.30. The molecule has 4 rings (SSSR count). The average Bonchev–Trinajstić information content (AvgIpc) is 3.30. The lowest BCUT2D eigenvalue weighted by atomic mass is 10.0. The summed E-state index contributed by atoms with van der Waals surface area (Å²) < 4.78 is 2.13. The molecule has 2 heterocycles. The van der Waals surface area contributed by atoms with Gasteiger partial charge < -0.3 is 10.2 Å². The molecule has 0 atom stereocenters. The zero-order chi connectivity index (χ0) is 20.4. The van der Waals surface area contributed by atoms with Gasteiger partial charge in [-0.3, -0.25) is 0 Å². The molecule has 0 radical (unpaired) electrons. The largest absolute Gasteiger partial charge is 0.399 e. The third-order valence-corrected chi connectivity index (χ3v) is 5.42. The van der Waals surface area contributed by atoms with Gasteiger partial charge in [-0.15, -0.1) is 0 Å². The van der Waals surface area contributed by atoms with Crippen molar-refractivity contribution in [1.82, 2.24) is 4.48 Å².